The number of morpholine rings is 1. The molecule has 0 unspecified atom stereocenters. The van der Waals surface area contributed by atoms with Gasteiger partial charge in [0.25, 0.3) is 5.91 Å². The fraction of sp³-hybridized carbons (Fsp3) is 0.200. The van der Waals surface area contributed by atoms with Gasteiger partial charge in [-0.2, -0.15) is 5.10 Å². The number of hydrogen-bond donors (Lipinski definition) is 3. The van der Waals surface area contributed by atoms with Gasteiger partial charge in [-0.25, -0.2) is 4.39 Å². The van der Waals surface area contributed by atoms with E-state index in [0.29, 0.717) is 23.7 Å². The minimum absolute atomic E-state index is 0. The monoisotopic (exact) mass is 402 g/mol. The number of anilines is 1. The van der Waals surface area contributed by atoms with Crippen LogP contribution in [0.2, 0.25) is 0 Å². The molecule has 2 aromatic carbocycles. The number of carbonyl (C=O) groups excluding carboxylic acids is 1. The summed E-state index contributed by atoms with van der Waals surface area (Å²) < 4.78 is 18.7. The van der Waals surface area contributed by atoms with E-state index in [1.165, 1.54) is 12.1 Å². The largest absolute Gasteiger partial charge is 0.371 e. The molecule has 28 heavy (non-hydrogen) atoms. The molecule has 146 valence electrons. The van der Waals surface area contributed by atoms with Crippen LogP contribution in [0.5, 0.6) is 0 Å². The van der Waals surface area contributed by atoms with Crippen molar-refractivity contribution in [1.82, 2.24) is 15.5 Å². The molecule has 1 aliphatic heterocycles. The molecule has 4 rings (SSSR count). The summed E-state index contributed by atoms with van der Waals surface area (Å²) in [4.78, 5) is 12.4. The maximum absolute atomic E-state index is 13.0. The molecule has 1 aliphatic rings. The van der Waals surface area contributed by atoms with Gasteiger partial charge in [0.1, 0.15) is 11.5 Å². The van der Waals surface area contributed by atoms with Crippen molar-refractivity contribution in [2.24, 2.45) is 0 Å². The van der Waals surface area contributed by atoms with Crippen LogP contribution in [-0.2, 0) is 4.74 Å². The standard InChI is InChI=1S/C20H19FN4O2.ClH/c21-15-5-1-13(2-6-15)17-11-18(25-24-17)20(26)23-16-7-3-14(4-8-16)19-12-22-9-10-27-19;/h1-8,11,19,22H,9-10,12H2,(H,23,26)(H,24,25);1H/t19-;/m1./s1. The zero-order chi connectivity index (χ0) is 18.6. The second-order valence-corrected chi connectivity index (χ2v) is 6.31. The number of aromatic amines is 1. The Kier molecular flexibility index (Phi) is 6.41. The summed E-state index contributed by atoms with van der Waals surface area (Å²) >= 11 is 0. The van der Waals surface area contributed by atoms with E-state index >= 15 is 0 Å². The summed E-state index contributed by atoms with van der Waals surface area (Å²) in [6, 6.07) is 15.2. The van der Waals surface area contributed by atoms with Crippen LogP contribution in [-0.4, -0.2) is 35.8 Å². The normalized spacial score (nSPS) is 16.2. The molecule has 6 nitrogen and oxygen atoms in total. The number of amides is 1. The molecule has 8 heteroatoms. The minimum Gasteiger partial charge on any atom is -0.371 e. The second kappa shape index (κ2) is 8.97. The lowest BCUT2D eigenvalue weighted by atomic mass is 10.1. The zero-order valence-corrected chi connectivity index (χ0v) is 15.8. The molecule has 0 bridgehead atoms. The summed E-state index contributed by atoms with van der Waals surface area (Å²) in [5.74, 6) is -0.607. The van der Waals surface area contributed by atoms with Gasteiger partial charge in [-0.05, 0) is 48.0 Å². The van der Waals surface area contributed by atoms with Gasteiger partial charge in [0.05, 0.1) is 18.4 Å². The van der Waals surface area contributed by atoms with Gasteiger partial charge < -0.3 is 15.4 Å². The van der Waals surface area contributed by atoms with Crippen LogP contribution in [0.1, 0.15) is 22.2 Å². The van der Waals surface area contributed by atoms with E-state index < -0.39 is 0 Å². The Bertz CT molecular complexity index is 922. The molecule has 1 fully saturated rings. The van der Waals surface area contributed by atoms with Crippen molar-refractivity contribution in [2.75, 3.05) is 25.0 Å². The Morgan fingerprint density at radius 1 is 1.14 bits per heavy atom. The highest BCUT2D eigenvalue weighted by molar-refractivity contribution is 6.03. The molecule has 0 radical (unpaired) electrons. The fourth-order valence-electron chi connectivity index (χ4n) is 2.97. The van der Waals surface area contributed by atoms with Crippen molar-refractivity contribution in [2.45, 2.75) is 6.10 Å². The topological polar surface area (TPSA) is 79.0 Å². The third-order valence-corrected chi connectivity index (χ3v) is 4.43. The maximum atomic E-state index is 13.0. The van der Waals surface area contributed by atoms with E-state index in [-0.39, 0.29) is 30.2 Å². The van der Waals surface area contributed by atoms with Gasteiger partial charge in [0, 0.05) is 24.3 Å². The van der Waals surface area contributed by atoms with Crippen LogP contribution in [0.15, 0.2) is 54.6 Å². The molecule has 0 spiro atoms. The van der Waals surface area contributed by atoms with Gasteiger partial charge in [-0.15, -0.1) is 12.4 Å². The predicted octanol–water partition coefficient (Wildman–Crippen LogP) is 3.55. The average molecular weight is 403 g/mol. The van der Waals surface area contributed by atoms with E-state index in [4.69, 9.17) is 4.74 Å². The van der Waals surface area contributed by atoms with E-state index in [9.17, 15) is 9.18 Å². The zero-order valence-electron chi connectivity index (χ0n) is 14.9. The van der Waals surface area contributed by atoms with Crippen molar-refractivity contribution in [3.8, 4) is 11.3 Å². The van der Waals surface area contributed by atoms with Crippen LogP contribution in [0, 0.1) is 5.82 Å². The smallest absolute Gasteiger partial charge is 0.273 e. The number of H-pyrrole nitrogens is 1. The molecular weight excluding hydrogens is 383 g/mol. The molecule has 2 heterocycles. The molecule has 1 aromatic heterocycles. The highest BCUT2D eigenvalue weighted by Gasteiger charge is 2.16. The number of carbonyl (C=O) groups is 1. The second-order valence-electron chi connectivity index (χ2n) is 6.31. The summed E-state index contributed by atoms with van der Waals surface area (Å²) in [5, 5.41) is 13.0. The third kappa shape index (κ3) is 4.56. The molecule has 1 atom stereocenters. The van der Waals surface area contributed by atoms with Crippen molar-refractivity contribution < 1.29 is 13.9 Å². The number of nitrogens with one attached hydrogen (secondary N) is 3. The van der Waals surface area contributed by atoms with Gasteiger partial charge in [-0.1, -0.05) is 12.1 Å². The van der Waals surface area contributed by atoms with Crippen LogP contribution in [0.3, 0.4) is 0 Å². The van der Waals surface area contributed by atoms with E-state index in [1.807, 2.05) is 24.3 Å². The lowest BCUT2D eigenvalue weighted by Crippen LogP contribution is -2.33. The molecule has 3 N–H and O–H groups in total. The van der Waals surface area contributed by atoms with Crippen molar-refractivity contribution >= 4 is 24.0 Å². The molecule has 1 amide bonds. The highest BCUT2D eigenvalue weighted by atomic mass is 35.5. The Morgan fingerprint density at radius 3 is 2.57 bits per heavy atom. The number of aromatic nitrogens is 2. The first-order valence-electron chi connectivity index (χ1n) is 8.74. The molecule has 1 saturated heterocycles. The van der Waals surface area contributed by atoms with Crippen LogP contribution in [0.25, 0.3) is 11.3 Å². The first-order valence-corrected chi connectivity index (χ1v) is 8.74. The number of nitrogens with zero attached hydrogens (tertiary/aromatic N) is 1. The van der Waals surface area contributed by atoms with E-state index in [2.05, 4.69) is 20.8 Å². The van der Waals surface area contributed by atoms with Crippen LogP contribution < -0.4 is 10.6 Å². The summed E-state index contributed by atoms with van der Waals surface area (Å²) in [7, 11) is 0. The number of hydrogen-bond acceptors (Lipinski definition) is 4. The van der Waals surface area contributed by atoms with E-state index in [1.54, 1.807) is 18.2 Å². The number of ether oxygens (including phenoxy) is 1. The van der Waals surface area contributed by atoms with Gasteiger partial charge in [0.15, 0.2) is 0 Å². The van der Waals surface area contributed by atoms with Crippen molar-refractivity contribution in [3.05, 3.63) is 71.7 Å². The van der Waals surface area contributed by atoms with Crippen LogP contribution in [0.4, 0.5) is 10.1 Å². The predicted molar refractivity (Wildman–Crippen MR) is 107 cm³/mol. The Labute approximate surface area is 167 Å². The summed E-state index contributed by atoms with van der Waals surface area (Å²) in [5.41, 5.74) is 3.40. The lowest BCUT2D eigenvalue weighted by molar-refractivity contribution is 0.0277. The molecule has 3 aromatic rings. The average Bonchev–Trinajstić information content (AvgIpc) is 3.20. The van der Waals surface area contributed by atoms with Crippen molar-refractivity contribution in [1.29, 1.82) is 0 Å². The quantitative estimate of drug-likeness (QED) is 0.623. The highest BCUT2D eigenvalue weighted by Crippen LogP contribution is 2.22. The SMILES string of the molecule is Cl.O=C(Nc1ccc([C@H]2CNCCO2)cc1)c1cc(-c2ccc(F)cc2)n[nH]1. The first kappa shape index (κ1) is 20.0. The minimum atomic E-state index is -0.315. The summed E-state index contributed by atoms with van der Waals surface area (Å²) in [6.07, 6.45) is 0.0365. The van der Waals surface area contributed by atoms with Crippen molar-refractivity contribution in [3.63, 3.8) is 0 Å². The number of rotatable bonds is 4. The fourth-order valence-corrected chi connectivity index (χ4v) is 2.97. The Balaban J connectivity index is 0.00000225. The lowest BCUT2D eigenvalue weighted by Gasteiger charge is -2.24. The van der Waals surface area contributed by atoms with Crippen LogP contribution >= 0.6 is 12.4 Å². The number of halogens is 2. The molecule has 0 saturated carbocycles. The molecule has 0 aliphatic carbocycles. The number of benzene rings is 2. The maximum Gasteiger partial charge on any atom is 0.273 e. The van der Waals surface area contributed by atoms with Gasteiger partial charge in [-0.3, -0.25) is 9.89 Å². The van der Waals surface area contributed by atoms with E-state index in [0.717, 1.165) is 24.2 Å². The molecular formula is C20H20ClFN4O2. The van der Waals surface area contributed by atoms with Gasteiger partial charge >= 0.3 is 0 Å². The Hall–Kier alpha value is -2.74. The van der Waals surface area contributed by atoms with Gasteiger partial charge in [0.2, 0.25) is 0 Å². The third-order valence-electron chi connectivity index (χ3n) is 4.43. The first-order chi connectivity index (χ1) is 13.2. The summed E-state index contributed by atoms with van der Waals surface area (Å²) in [6.45, 7) is 2.35. The Morgan fingerprint density at radius 2 is 1.89 bits per heavy atom.